The first kappa shape index (κ1) is 10.2. The molecule has 0 aromatic carbocycles. The smallest absolute Gasteiger partial charge is 0.277 e. The van der Waals surface area contributed by atoms with Gasteiger partial charge in [-0.1, -0.05) is 0 Å². The lowest BCUT2D eigenvalue weighted by molar-refractivity contribution is -0.0273. The van der Waals surface area contributed by atoms with Gasteiger partial charge in [-0.3, -0.25) is 0 Å². The highest BCUT2D eigenvalue weighted by Crippen LogP contribution is 2.33. The summed E-state index contributed by atoms with van der Waals surface area (Å²) in [6.07, 6.45) is -0.523. The lowest BCUT2D eigenvalue weighted by Gasteiger charge is -2.14. The minimum Gasteiger partial charge on any atom is -0.396 e. The minimum absolute atomic E-state index is 0.0148. The Morgan fingerprint density at radius 2 is 2.08 bits per heavy atom. The molecule has 1 aromatic rings. The van der Waals surface area contributed by atoms with E-state index in [4.69, 9.17) is 5.11 Å². The Labute approximate surface area is 75.6 Å². The lowest BCUT2D eigenvalue weighted by Crippen LogP contribution is -2.15. The van der Waals surface area contributed by atoms with Crippen molar-refractivity contribution in [3.05, 3.63) is 23.0 Å². The molecule has 1 rings (SSSR count). The Morgan fingerprint density at radius 3 is 2.46 bits per heavy atom. The number of halogens is 2. The molecule has 0 spiro atoms. The number of H-pyrrole nitrogens is 1. The van der Waals surface area contributed by atoms with Crippen LogP contribution >= 0.6 is 0 Å². The van der Waals surface area contributed by atoms with E-state index in [-0.39, 0.29) is 5.56 Å². The van der Waals surface area contributed by atoms with E-state index in [1.54, 1.807) is 13.8 Å². The molecule has 0 amide bonds. The van der Waals surface area contributed by atoms with Gasteiger partial charge in [0.05, 0.1) is 0 Å². The van der Waals surface area contributed by atoms with Crippen molar-refractivity contribution in [2.75, 3.05) is 6.61 Å². The Hall–Kier alpha value is -0.900. The Morgan fingerprint density at radius 1 is 1.46 bits per heavy atom. The third kappa shape index (κ3) is 2.06. The summed E-state index contributed by atoms with van der Waals surface area (Å²) < 4.78 is 26.5. The van der Waals surface area contributed by atoms with Crippen LogP contribution in [0.2, 0.25) is 0 Å². The van der Waals surface area contributed by atoms with E-state index in [0.717, 1.165) is 0 Å². The van der Waals surface area contributed by atoms with Crippen molar-refractivity contribution in [1.29, 1.82) is 0 Å². The van der Waals surface area contributed by atoms with Gasteiger partial charge >= 0.3 is 0 Å². The van der Waals surface area contributed by atoms with Crippen molar-refractivity contribution < 1.29 is 13.9 Å². The number of aromatic amines is 1. The standard InChI is InChI=1S/C9H13F2NO/c1-6-5-8(7(2)12-6)9(10,11)3-4-13/h5,12-13H,3-4H2,1-2H3. The van der Waals surface area contributed by atoms with Crippen LogP contribution in [0.15, 0.2) is 6.07 Å². The first-order chi connectivity index (χ1) is 5.97. The van der Waals surface area contributed by atoms with E-state index in [9.17, 15) is 8.78 Å². The fourth-order valence-electron chi connectivity index (χ4n) is 1.38. The van der Waals surface area contributed by atoms with Crippen LogP contribution in [-0.2, 0) is 5.92 Å². The Bertz CT molecular complexity index is 294. The van der Waals surface area contributed by atoms with Crippen molar-refractivity contribution >= 4 is 0 Å². The van der Waals surface area contributed by atoms with Gasteiger partial charge in [0.2, 0.25) is 0 Å². The largest absolute Gasteiger partial charge is 0.396 e. The number of aromatic nitrogens is 1. The highest BCUT2D eigenvalue weighted by molar-refractivity contribution is 5.28. The lowest BCUT2D eigenvalue weighted by atomic mass is 10.1. The van der Waals surface area contributed by atoms with Crippen molar-refractivity contribution in [3.63, 3.8) is 0 Å². The zero-order valence-electron chi connectivity index (χ0n) is 7.69. The van der Waals surface area contributed by atoms with Gasteiger partial charge in [-0.15, -0.1) is 0 Å². The third-order valence-electron chi connectivity index (χ3n) is 1.97. The number of aliphatic hydroxyl groups is 1. The van der Waals surface area contributed by atoms with Crippen LogP contribution in [0.4, 0.5) is 8.78 Å². The molecule has 0 bridgehead atoms. The molecule has 0 aliphatic heterocycles. The van der Waals surface area contributed by atoms with E-state index in [1.165, 1.54) is 6.07 Å². The second kappa shape index (κ2) is 3.46. The van der Waals surface area contributed by atoms with Crippen LogP contribution in [0.1, 0.15) is 23.4 Å². The number of aryl methyl sites for hydroxylation is 2. The average Bonchev–Trinajstić information content (AvgIpc) is 2.30. The summed E-state index contributed by atoms with van der Waals surface area (Å²) in [7, 11) is 0. The van der Waals surface area contributed by atoms with Gasteiger partial charge in [-0.2, -0.15) is 0 Å². The molecular formula is C9H13F2NO. The number of hydrogen-bond acceptors (Lipinski definition) is 1. The van der Waals surface area contributed by atoms with Gasteiger partial charge < -0.3 is 10.1 Å². The van der Waals surface area contributed by atoms with Crippen molar-refractivity contribution in [3.8, 4) is 0 Å². The molecule has 0 saturated carbocycles. The molecular weight excluding hydrogens is 176 g/mol. The molecule has 0 unspecified atom stereocenters. The van der Waals surface area contributed by atoms with Crippen molar-refractivity contribution in [2.24, 2.45) is 0 Å². The fraction of sp³-hybridized carbons (Fsp3) is 0.556. The summed E-state index contributed by atoms with van der Waals surface area (Å²) in [5, 5.41) is 8.47. The summed E-state index contributed by atoms with van der Waals surface area (Å²) in [4.78, 5) is 2.81. The zero-order valence-corrected chi connectivity index (χ0v) is 7.69. The molecule has 0 fully saturated rings. The third-order valence-corrected chi connectivity index (χ3v) is 1.97. The van der Waals surface area contributed by atoms with Crippen LogP contribution in [0.25, 0.3) is 0 Å². The van der Waals surface area contributed by atoms with Crippen LogP contribution in [0.3, 0.4) is 0 Å². The Balaban J connectivity index is 2.98. The molecule has 0 aliphatic rings. The topological polar surface area (TPSA) is 36.0 Å². The summed E-state index contributed by atoms with van der Waals surface area (Å²) >= 11 is 0. The molecule has 2 nitrogen and oxygen atoms in total. The van der Waals surface area contributed by atoms with Crippen molar-refractivity contribution in [1.82, 2.24) is 4.98 Å². The van der Waals surface area contributed by atoms with Gasteiger partial charge in [0.25, 0.3) is 5.92 Å². The molecule has 1 heterocycles. The number of aliphatic hydroxyl groups excluding tert-OH is 1. The van der Waals surface area contributed by atoms with E-state index in [1.807, 2.05) is 0 Å². The highest BCUT2D eigenvalue weighted by atomic mass is 19.3. The zero-order chi connectivity index (χ0) is 10.1. The summed E-state index contributed by atoms with van der Waals surface area (Å²) in [6.45, 7) is 2.83. The molecule has 0 aliphatic carbocycles. The predicted molar refractivity (Wildman–Crippen MR) is 45.9 cm³/mol. The van der Waals surface area contributed by atoms with Crippen LogP contribution < -0.4 is 0 Å². The first-order valence-corrected chi connectivity index (χ1v) is 4.13. The van der Waals surface area contributed by atoms with E-state index < -0.39 is 19.0 Å². The summed E-state index contributed by atoms with van der Waals surface area (Å²) in [6, 6.07) is 1.42. The normalized spacial score (nSPS) is 12.1. The highest BCUT2D eigenvalue weighted by Gasteiger charge is 2.33. The molecule has 2 N–H and O–H groups in total. The molecule has 1 aromatic heterocycles. The van der Waals surface area contributed by atoms with E-state index in [2.05, 4.69) is 4.98 Å². The summed E-state index contributed by atoms with van der Waals surface area (Å²) in [5.41, 5.74) is 1.17. The number of alkyl halides is 2. The molecule has 74 valence electrons. The van der Waals surface area contributed by atoms with Crippen LogP contribution in [0, 0.1) is 13.8 Å². The maximum absolute atomic E-state index is 13.3. The van der Waals surface area contributed by atoms with Crippen LogP contribution in [-0.4, -0.2) is 16.7 Å². The SMILES string of the molecule is Cc1cc(C(F)(F)CCO)c(C)[nH]1. The van der Waals surface area contributed by atoms with Gasteiger partial charge in [0.15, 0.2) is 0 Å². The molecule has 0 saturated heterocycles. The number of nitrogens with one attached hydrogen (secondary N) is 1. The molecule has 0 radical (unpaired) electrons. The van der Waals surface area contributed by atoms with Gasteiger partial charge in [0.1, 0.15) is 0 Å². The molecule has 0 atom stereocenters. The maximum atomic E-state index is 13.3. The monoisotopic (exact) mass is 189 g/mol. The number of hydrogen-bond donors (Lipinski definition) is 2. The van der Waals surface area contributed by atoms with Crippen molar-refractivity contribution in [2.45, 2.75) is 26.2 Å². The second-order valence-electron chi connectivity index (χ2n) is 3.17. The maximum Gasteiger partial charge on any atom is 0.277 e. The minimum atomic E-state index is -2.93. The molecule has 13 heavy (non-hydrogen) atoms. The molecule has 4 heteroatoms. The fourth-order valence-corrected chi connectivity index (χ4v) is 1.38. The van der Waals surface area contributed by atoms with E-state index >= 15 is 0 Å². The quantitative estimate of drug-likeness (QED) is 0.750. The van der Waals surface area contributed by atoms with Gasteiger partial charge in [-0.25, -0.2) is 8.78 Å². The predicted octanol–water partition coefficient (Wildman–Crippen LogP) is 2.11. The first-order valence-electron chi connectivity index (χ1n) is 4.13. The van der Waals surface area contributed by atoms with E-state index in [0.29, 0.717) is 11.4 Å². The average molecular weight is 189 g/mol. The van der Waals surface area contributed by atoms with Gasteiger partial charge in [-0.05, 0) is 19.9 Å². The summed E-state index contributed by atoms with van der Waals surface area (Å²) in [5.74, 6) is -2.93. The van der Waals surface area contributed by atoms with Crippen LogP contribution in [0.5, 0.6) is 0 Å². The number of rotatable bonds is 3. The Kier molecular flexibility index (Phi) is 2.71. The second-order valence-corrected chi connectivity index (χ2v) is 3.17. The van der Waals surface area contributed by atoms with Gasteiger partial charge in [0, 0.05) is 30.0 Å².